The second-order valence-corrected chi connectivity index (χ2v) is 6.48. The lowest BCUT2D eigenvalue weighted by atomic mass is 9.96. The van der Waals surface area contributed by atoms with Gasteiger partial charge in [-0.1, -0.05) is 0 Å². The van der Waals surface area contributed by atoms with Crippen LogP contribution in [0.4, 0.5) is 5.69 Å². The van der Waals surface area contributed by atoms with Crippen molar-refractivity contribution in [3.63, 3.8) is 0 Å². The molecule has 0 atom stereocenters. The summed E-state index contributed by atoms with van der Waals surface area (Å²) in [6, 6.07) is 8.19. The smallest absolute Gasteiger partial charge is 0.306 e. The van der Waals surface area contributed by atoms with Crippen LogP contribution in [0.1, 0.15) is 39.4 Å². The highest BCUT2D eigenvalue weighted by molar-refractivity contribution is 6.03. The molecule has 0 radical (unpaired) electrons. The molecule has 140 valence electrons. The van der Waals surface area contributed by atoms with Crippen LogP contribution in [0.3, 0.4) is 0 Å². The predicted molar refractivity (Wildman–Crippen MR) is 97.4 cm³/mol. The first-order valence-electron chi connectivity index (χ1n) is 8.66. The minimum atomic E-state index is -0.805. The Kier molecular flexibility index (Phi) is 5.44. The van der Waals surface area contributed by atoms with Crippen molar-refractivity contribution in [2.75, 3.05) is 18.4 Å². The van der Waals surface area contributed by atoms with E-state index in [9.17, 15) is 14.4 Å². The number of carboxylic acids is 1. The van der Waals surface area contributed by atoms with Crippen LogP contribution >= 0.6 is 0 Å². The third-order valence-corrected chi connectivity index (χ3v) is 4.56. The molecule has 2 N–H and O–H groups in total. The van der Waals surface area contributed by atoms with E-state index in [0.717, 1.165) is 0 Å². The number of carboxylic acid groups (broad SMARTS) is 1. The summed E-state index contributed by atoms with van der Waals surface area (Å²) < 4.78 is 0. The number of rotatable bonds is 4. The van der Waals surface area contributed by atoms with Crippen LogP contribution < -0.4 is 5.32 Å². The maximum Gasteiger partial charge on any atom is 0.306 e. The number of amides is 2. The first-order valence-corrected chi connectivity index (χ1v) is 8.66. The standard InChI is InChI=1S/C19H20N4O4/c1-12-10-16(21-11-20-12)17(24)22-15-4-2-13(3-5-15)18(25)23-8-6-14(7-9-23)19(26)27/h2-5,10-11,14H,6-9H2,1H3,(H,22,24)(H,26,27). The number of likely N-dealkylation sites (tertiary alicyclic amines) is 1. The molecule has 0 bridgehead atoms. The SMILES string of the molecule is Cc1cc(C(=O)Nc2ccc(C(=O)N3CCC(C(=O)O)CC3)cc2)ncn1. The van der Waals surface area contributed by atoms with Crippen LogP contribution in [-0.2, 0) is 4.79 Å². The van der Waals surface area contributed by atoms with Gasteiger partial charge in [0.15, 0.2) is 0 Å². The van der Waals surface area contributed by atoms with Gasteiger partial charge in [0.1, 0.15) is 12.0 Å². The molecule has 27 heavy (non-hydrogen) atoms. The summed E-state index contributed by atoms with van der Waals surface area (Å²) in [6.07, 6.45) is 2.26. The molecule has 0 saturated carbocycles. The molecule has 0 spiro atoms. The fraction of sp³-hybridized carbons (Fsp3) is 0.316. The van der Waals surface area contributed by atoms with Gasteiger partial charge >= 0.3 is 5.97 Å². The maximum atomic E-state index is 12.5. The van der Waals surface area contributed by atoms with Gasteiger partial charge in [-0.2, -0.15) is 0 Å². The number of benzene rings is 1. The van der Waals surface area contributed by atoms with E-state index in [1.54, 1.807) is 42.2 Å². The second-order valence-electron chi connectivity index (χ2n) is 6.48. The van der Waals surface area contributed by atoms with Gasteiger partial charge in [-0.25, -0.2) is 9.97 Å². The Morgan fingerprint density at radius 3 is 2.37 bits per heavy atom. The number of aromatic nitrogens is 2. The lowest BCUT2D eigenvalue weighted by Gasteiger charge is -2.30. The van der Waals surface area contributed by atoms with Crippen LogP contribution in [0.2, 0.25) is 0 Å². The first kappa shape index (κ1) is 18.5. The van der Waals surface area contributed by atoms with Crippen molar-refractivity contribution in [3.05, 3.63) is 53.6 Å². The summed E-state index contributed by atoms with van der Waals surface area (Å²) in [5, 5.41) is 11.8. The Morgan fingerprint density at radius 2 is 1.78 bits per heavy atom. The average molecular weight is 368 g/mol. The largest absolute Gasteiger partial charge is 0.481 e. The van der Waals surface area contributed by atoms with Crippen LogP contribution in [0.25, 0.3) is 0 Å². The first-order chi connectivity index (χ1) is 12.9. The molecule has 0 aliphatic carbocycles. The van der Waals surface area contributed by atoms with Gasteiger partial charge in [0, 0.05) is 30.0 Å². The fourth-order valence-electron chi connectivity index (χ4n) is 2.98. The number of carbonyl (C=O) groups excluding carboxylic acids is 2. The fourth-order valence-corrected chi connectivity index (χ4v) is 2.98. The Bertz CT molecular complexity index is 858. The molecule has 1 aliphatic rings. The van der Waals surface area contributed by atoms with E-state index in [4.69, 9.17) is 5.11 Å². The van der Waals surface area contributed by atoms with E-state index in [1.807, 2.05) is 0 Å². The molecule has 8 heteroatoms. The van der Waals surface area contributed by atoms with Crippen molar-refractivity contribution >= 4 is 23.5 Å². The van der Waals surface area contributed by atoms with Gasteiger partial charge in [-0.3, -0.25) is 14.4 Å². The maximum absolute atomic E-state index is 12.5. The second kappa shape index (κ2) is 7.94. The molecule has 3 rings (SSSR count). The minimum absolute atomic E-state index is 0.136. The zero-order valence-electron chi connectivity index (χ0n) is 14.9. The molecule has 1 aromatic heterocycles. The van der Waals surface area contributed by atoms with Crippen LogP contribution in [0.5, 0.6) is 0 Å². The molecule has 2 amide bonds. The molecular weight excluding hydrogens is 348 g/mol. The number of piperidine rings is 1. The molecule has 8 nitrogen and oxygen atoms in total. The van der Waals surface area contributed by atoms with E-state index in [-0.39, 0.29) is 23.4 Å². The zero-order valence-corrected chi connectivity index (χ0v) is 14.9. The number of nitrogens with zero attached hydrogens (tertiary/aromatic N) is 3. The molecule has 0 unspecified atom stereocenters. The highest BCUT2D eigenvalue weighted by atomic mass is 16.4. The summed E-state index contributed by atoms with van der Waals surface area (Å²) in [6.45, 7) is 2.64. The molecule has 2 aromatic rings. The minimum Gasteiger partial charge on any atom is -0.481 e. The van der Waals surface area contributed by atoms with Crippen LogP contribution in [-0.4, -0.2) is 50.8 Å². The zero-order chi connectivity index (χ0) is 19.4. The van der Waals surface area contributed by atoms with Crippen molar-refractivity contribution in [2.24, 2.45) is 5.92 Å². The summed E-state index contributed by atoms with van der Waals surface area (Å²) in [4.78, 5) is 45.3. The van der Waals surface area contributed by atoms with Gasteiger partial charge in [0.2, 0.25) is 0 Å². The lowest BCUT2D eigenvalue weighted by molar-refractivity contribution is -0.143. The Morgan fingerprint density at radius 1 is 1.11 bits per heavy atom. The number of hydrogen-bond donors (Lipinski definition) is 2. The lowest BCUT2D eigenvalue weighted by Crippen LogP contribution is -2.40. The number of nitrogens with one attached hydrogen (secondary N) is 1. The molecule has 1 aliphatic heterocycles. The predicted octanol–water partition coefficient (Wildman–Crippen LogP) is 1.97. The van der Waals surface area contributed by atoms with E-state index in [2.05, 4.69) is 15.3 Å². The van der Waals surface area contributed by atoms with Crippen LogP contribution in [0.15, 0.2) is 36.7 Å². The van der Waals surface area contributed by atoms with Gasteiger partial charge in [0.05, 0.1) is 5.92 Å². The van der Waals surface area contributed by atoms with Crippen molar-refractivity contribution in [1.82, 2.24) is 14.9 Å². The molecule has 1 fully saturated rings. The third-order valence-electron chi connectivity index (χ3n) is 4.56. The Hall–Kier alpha value is -3.29. The van der Waals surface area contributed by atoms with Crippen molar-refractivity contribution in [3.8, 4) is 0 Å². The summed E-state index contributed by atoms with van der Waals surface area (Å²) >= 11 is 0. The molecule has 1 saturated heterocycles. The van der Waals surface area contributed by atoms with E-state index in [1.165, 1.54) is 6.33 Å². The summed E-state index contributed by atoms with van der Waals surface area (Å²) in [5.41, 5.74) is 2.02. The highest BCUT2D eigenvalue weighted by Gasteiger charge is 2.27. The van der Waals surface area contributed by atoms with E-state index < -0.39 is 5.97 Å². The van der Waals surface area contributed by atoms with Crippen LogP contribution in [0, 0.1) is 12.8 Å². The molecule has 1 aromatic carbocycles. The average Bonchev–Trinajstić information content (AvgIpc) is 2.68. The molecule has 2 heterocycles. The number of anilines is 1. The monoisotopic (exact) mass is 368 g/mol. The van der Waals surface area contributed by atoms with E-state index >= 15 is 0 Å². The van der Waals surface area contributed by atoms with E-state index in [0.29, 0.717) is 42.9 Å². The number of aryl methyl sites for hydroxylation is 1. The van der Waals surface area contributed by atoms with Gasteiger partial charge < -0.3 is 15.3 Å². The van der Waals surface area contributed by atoms with Crippen molar-refractivity contribution in [1.29, 1.82) is 0 Å². The normalized spacial score (nSPS) is 14.6. The van der Waals surface area contributed by atoms with Gasteiger partial charge in [-0.05, 0) is 50.1 Å². The number of hydrogen-bond acceptors (Lipinski definition) is 5. The number of carbonyl (C=O) groups is 3. The van der Waals surface area contributed by atoms with Crippen molar-refractivity contribution < 1.29 is 19.5 Å². The topological polar surface area (TPSA) is 112 Å². The molecular formula is C19H20N4O4. The quantitative estimate of drug-likeness (QED) is 0.853. The Balaban J connectivity index is 1.61. The van der Waals surface area contributed by atoms with Gasteiger partial charge in [0.25, 0.3) is 11.8 Å². The van der Waals surface area contributed by atoms with Crippen molar-refractivity contribution in [2.45, 2.75) is 19.8 Å². The summed E-state index contributed by atoms with van der Waals surface area (Å²) in [5.74, 6) is -1.67. The van der Waals surface area contributed by atoms with Gasteiger partial charge in [-0.15, -0.1) is 0 Å². The third kappa shape index (κ3) is 4.46. The summed E-state index contributed by atoms with van der Waals surface area (Å²) in [7, 11) is 0. The number of aliphatic carboxylic acids is 1. The Labute approximate surface area is 156 Å². The highest BCUT2D eigenvalue weighted by Crippen LogP contribution is 2.20.